The average Bonchev–Trinajstić information content (AvgIpc) is 3.38. The van der Waals surface area contributed by atoms with Gasteiger partial charge in [-0.05, 0) is 90.9 Å². The van der Waals surface area contributed by atoms with E-state index in [9.17, 15) is 10.2 Å². The van der Waals surface area contributed by atoms with Crippen LogP contribution in [0.3, 0.4) is 0 Å². The summed E-state index contributed by atoms with van der Waals surface area (Å²) in [5.41, 5.74) is 4.53. The third-order valence-electron chi connectivity index (χ3n) is 14.9. The summed E-state index contributed by atoms with van der Waals surface area (Å²) in [7, 11) is 0. The van der Waals surface area contributed by atoms with Gasteiger partial charge in [0.05, 0.1) is 11.7 Å². The largest absolute Gasteiger partial charge is 0.393 e. The predicted molar refractivity (Wildman–Crippen MR) is 190 cm³/mol. The minimum Gasteiger partial charge on any atom is -0.393 e. The van der Waals surface area contributed by atoms with Crippen LogP contribution >= 0.6 is 0 Å². The lowest BCUT2D eigenvalue weighted by Crippen LogP contribution is -2.67. The molecule has 3 fully saturated rings. The fourth-order valence-corrected chi connectivity index (χ4v) is 12.4. The van der Waals surface area contributed by atoms with E-state index in [2.05, 4.69) is 79.4 Å². The van der Waals surface area contributed by atoms with Gasteiger partial charge in [-0.15, -0.1) is 0 Å². The molecule has 1 aliphatic heterocycles. The lowest BCUT2D eigenvalue weighted by Gasteiger charge is -2.71. The van der Waals surface area contributed by atoms with Gasteiger partial charge in [-0.1, -0.05) is 111 Å². The van der Waals surface area contributed by atoms with Gasteiger partial charge in [0.25, 0.3) is 0 Å². The van der Waals surface area contributed by atoms with E-state index in [1.54, 1.807) is 0 Å². The van der Waals surface area contributed by atoms with E-state index < -0.39 is 11.0 Å². The summed E-state index contributed by atoms with van der Waals surface area (Å²) in [4.78, 5) is 17.8. The summed E-state index contributed by atoms with van der Waals surface area (Å²) in [5.74, 6) is 0.568. The van der Waals surface area contributed by atoms with E-state index >= 15 is 4.79 Å². The van der Waals surface area contributed by atoms with Crippen molar-refractivity contribution in [2.45, 2.75) is 83.5 Å². The van der Waals surface area contributed by atoms with Gasteiger partial charge in [-0.2, -0.15) is 0 Å². The Bertz CT molecular complexity index is 1850. The van der Waals surface area contributed by atoms with Crippen molar-refractivity contribution >= 4 is 5.78 Å². The van der Waals surface area contributed by atoms with Gasteiger partial charge in [-0.3, -0.25) is 9.69 Å². The number of hydrogen-bond acceptors (Lipinski definition) is 4. The van der Waals surface area contributed by atoms with Crippen LogP contribution in [0.1, 0.15) is 80.3 Å². The molecule has 3 saturated carbocycles. The molecule has 4 heteroatoms. The number of carbonyl (C=O) groups excluding carboxylic acids is 1. The van der Waals surface area contributed by atoms with Crippen LogP contribution in [-0.4, -0.2) is 45.7 Å². The molecule has 3 aromatic rings. The van der Waals surface area contributed by atoms with Crippen LogP contribution in [0.5, 0.6) is 0 Å². The van der Waals surface area contributed by atoms with E-state index in [1.807, 2.05) is 36.4 Å². The third-order valence-corrected chi connectivity index (χ3v) is 14.9. The summed E-state index contributed by atoms with van der Waals surface area (Å²) in [6.07, 6.45) is 13.9. The molecule has 0 saturated heterocycles. The van der Waals surface area contributed by atoms with Crippen LogP contribution < -0.4 is 0 Å². The first-order chi connectivity index (χ1) is 23.1. The molecule has 0 radical (unpaired) electrons. The summed E-state index contributed by atoms with van der Waals surface area (Å²) >= 11 is 0. The summed E-state index contributed by atoms with van der Waals surface area (Å²) < 4.78 is 0. The molecule has 48 heavy (non-hydrogen) atoms. The lowest BCUT2D eigenvalue weighted by molar-refractivity contribution is -0.176. The standard InChI is InChI=1S/C44H49NO3/c1-40-20-16-33(46)26-42(40)23-24-44(36(27-42)39(47)35-15-9-8-14-34(35)31-11-4-3-5-12-31)37(40)17-21-41(2)38(44)18-22-43(41,48)29-45-25-19-30-10-6-7-13-32(30)28-45/h3-15,23-24,27,33,37-38,46,48H,16-22,25-26,28-29H2,1-2H3/t33?,37-,38-,40-,41+,42+,43-,44-/m1/s1. The molecular weight excluding hydrogens is 590 g/mol. The highest BCUT2D eigenvalue weighted by molar-refractivity contribution is 6.14. The zero-order valence-electron chi connectivity index (χ0n) is 28.5. The molecule has 8 atom stereocenters. The minimum absolute atomic E-state index is 0.0394. The Morgan fingerprint density at radius 1 is 0.812 bits per heavy atom. The second-order valence-corrected chi connectivity index (χ2v) is 16.8. The average molecular weight is 640 g/mol. The highest BCUT2D eigenvalue weighted by atomic mass is 16.3. The van der Waals surface area contributed by atoms with Crippen LogP contribution in [0.4, 0.5) is 0 Å². The number of nitrogens with zero attached hydrogens (tertiary/aromatic N) is 1. The number of fused-ring (bicyclic) bond motifs is 2. The fourth-order valence-electron chi connectivity index (χ4n) is 12.4. The van der Waals surface area contributed by atoms with E-state index in [-0.39, 0.29) is 40.0 Å². The van der Waals surface area contributed by atoms with Crippen molar-refractivity contribution in [1.82, 2.24) is 4.90 Å². The Kier molecular flexibility index (Phi) is 6.78. The van der Waals surface area contributed by atoms with Crippen LogP contribution in [0.2, 0.25) is 0 Å². The van der Waals surface area contributed by atoms with Gasteiger partial charge in [0, 0.05) is 47.0 Å². The van der Waals surface area contributed by atoms with Crippen LogP contribution in [-0.2, 0) is 13.0 Å². The Labute approximate surface area is 285 Å². The van der Waals surface area contributed by atoms with Crippen molar-refractivity contribution in [2.75, 3.05) is 13.1 Å². The smallest absolute Gasteiger partial charge is 0.190 e. The Balaban J connectivity index is 1.15. The molecule has 2 N–H and O–H groups in total. The van der Waals surface area contributed by atoms with Gasteiger partial charge in [0.2, 0.25) is 0 Å². The number of allylic oxidation sites excluding steroid dienone is 4. The Morgan fingerprint density at radius 2 is 1.50 bits per heavy atom. The van der Waals surface area contributed by atoms with Gasteiger partial charge >= 0.3 is 0 Å². The van der Waals surface area contributed by atoms with Crippen molar-refractivity contribution in [2.24, 2.45) is 33.5 Å². The number of benzene rings is 3. The number of Topliss-reactive ketones (excluding diaryl/α,β-unsaturated/α-hetero) is 1. The normalized spacial score (nSPS) is 39.6. The summed E-state index contributed by atoms with van der Waals surface area (Å²) in [6.45, 7) is 7.36. The number of ketones is 1. The molecule has 0 aromatic heterocycles. The third kappa shape index (κ3) is 4.03. The van der Waals surface area contributed by atoms with Gasteiger partial charge in [0.15, 0.2) is 5.78 Å². The van der Waals surface area contributed by atoms with E-state index in [4.69, 9.17) is 0 Å². The van der Waals surface area contributed by atoms with Crippen molar-refractivity contribution in [3.63, 3.8) is 0 Å². The van der Waals surface area contributed by atoms with E-state index in [0.29, 0.717) is 13.0 Å². The predicted octanol–water partition coefficient (Wildman–Crippen LogP) is 8.19. The molecule has 2 spiro atoms. The van der Waals surface area contributed by atoms with Gasteiger partial charge in [-0.25, -0.2) is 0 Å². The molecular formula is C44H49NO3. The fraction of sp³-hybridized carbons (Fsp3) is 0.477. The topological polar surface area (TPSA) is 60.8 Å². The number of carbonyl (C=O) groups is 1. The highest BCUT2D eigenvalue weighted by Crippen LogP contribution is 2.78. The van der Waals surface area contributed by atoms with Gasteiger partial charge < -0.3 is 10.2 Å². The first-order valence-electron chi connectivity index (χ1n) is 18.5. The number of rotatable bonds is 5. The van der Waals surface area contributed by atoms with Crippen molar-refractivity contribution in [3.8, 4) is 11.1 Å². The highest BCUT2D eigenvalue weighted by Gasteiger charge is 2.74. The summed E-state index contributed by atoms with van der Waals surface area (Å²) in [6, 6.07) is 27.2. The second kappa shape index (κ2) is 10.6. The lowest BCUT2D eigenvalue weighted by atomic mass is 9.32. The number of aliphatic hydroxyl groups excluding tert-OH is 1. The first-order valence-corrected chi connectivity index (χ1v) is 18.5. The van der Waals surface area contributed by atoms with Crippen molar-refractivity contribution in [1.29, 1.82) is 0 Å². The zero-order valence-corrected chi connectivity index (χ0v) is 28.5. The molecule has 1 heterocycles. The molecule has 2 bridgehead atoms. The van der Waals surface area contributed by atoms with Crippen molar-refractivity contribution in [3.05, 3.63) is 119 Å². The Morgan fingerprint density at radius 3 is 2.33 bits per heavy atom. The molecule has 4 nitrogen and oxygen atoms in total. The molecule has 10 rings (SSSR count). The number of β-amino-alcohol motifs (C(OH)–C–C–N with tert-alkyl or cyclic N) is 1. The molecule has 248 valence electrons. The first kappa shape index (κ1) is 30.7. The van der Waals surface area contributed by atoms with Crippen LogP contribution in [0.25, 0.3) is 11.1 Å². The maximum Gasteiger partial charge on any atom is 0.190 e. The molecule has 3 aromatic carbocycles. The van der Waals surface area contributed by atoms with Crippen molar-refractivity contribution < 1.29 is 15.0 Å². The maximum atomic E-state index is 15.3. The second-order valence-electron chi connectivity index (χ2n) is 16.8. The number of hydrogen-bond donors (Lipinski definition) is 2. The van der Waals surface area contributed by atoms with Crippen LogP contribution in [0.15, 0.2) is 103 Å². The van der Waals surface area contributed by atoms with E-state index in [0.717, 1.165) is 80.3 Å². The van der Waals surface area contributed by atoms with E-state index in [1.165, 1.54) is 11.1 Å². The van der Waals surface area contributed by atoms with Crippen LogP contribution in [0, 0.1) is 33.5 Å². The molecule has 7 aliphatic rings. The SMILES string of the molecule is C[C@]12CC[C@H]3[C@]4(C=C[C@@]5(C=C4C(=O)c4ccccc4-c4ccccc4)CC(O)CC[C@]35C)[C@@H]1CC[C@@]2(O)CN1CCc2ccccc2C1. The minimum atomic E-state index is -0.830. The molecule has 0 amide bonds. The zero-order chi connectivity index (χ0) is 32.9. The monoisotopic (exact) mass is 639 g/mol. The molecule has 1 unspecified atom stereocenters. The quantitative estimate of drug-likeness (QED) is 0.218. The number of aliphatic hydroxyl groups is 2. The summed E-state index contributed by atoms with van der Waals surface area (Å²) in [5, 5.41) is 24.0. The molecule has 6 aliphatic carbocycles. The van der Waals surface area contributed by atoms with Gasteiger partial charge in [0.1, 0.15) is 0 Å². The maximum absolute atomic E-state index is 15.3. The Hall–Kier alpha value is -3.31.